The van der Waals surface area contributed by atoms with E-state index in [1.54, 1.807) is 11.8 Å². The van der Waals surface area contributed by atoms with Gasteiger partial charge in [-0.1, -0.05) is 30.3 Å². The number of hydrogen-bond acceptors (Lipinski definition) is 4. The second kappa shape index (κ2) is 7.11. The van der Waals surface area contributed by atoms with Crippen LogP contribution in [-0.2, 0) is 10.3 Å². The molecule has 1 unspecified atom stereocenters. The highest BCUT2D eigenvalue weighted by molar-refractivity contribution is 7.99. The summed E-state index contributed by atoms with van der Waals surface area (Å²) in [7, 11) is 0. The van der Waals surface area contributed by atoms with Crippen molar-refractivity contribution in [3.05, 3.63) is 35.9 Å². The average Bonchev–Trinajstić information content (AvgIpc) is 3.27. The Balaban J connectivity index is 2.17. The van der Waals surface area contributed by atoms with E-state index in [2.05, 4.69) is 5.32 Å². The van der Waals surface area contributed by atoms with E-state index < -0.39 is 5.54 Å². The largest absolute Gasteiger partial charge is 0.396 e. The number of primary amides is 1. The third kappa shape index (κ3) is 3.75. The maximum Gasteiger partial charge on any atom is 0.243 e. The zero-order valence-corrected chi connectivity index (χ0v) is 12.4. The van der Waals surface area contributed by atoms with Gasteiger partial charge in [0, 0.05) is 18.4 Å². The van der Waals surface area contributed by atoms with Crippen LogP contribution in [0.5, 0.6) is 0 Å². The van der Waals surface area contributed by atoms with Crippen molar-refractivity contribution < 1.29 is 9.90 Å². The zero-order chi connectivity index (χ0) is 14.4. The molecule has 1 aliphatic rings. The molecule has 5 heteroatoms. The molecule has 1 saturated carbocycles. The summed E-state index contributed by atoms with van der Waals surface area (Å²) in [6.45, 7) is 0.179. The van der Waals surface area contributed by atoms with Crippen LogP contribution in [0.4, 0.5) is 0 Å². The smallest absolute Gasteiger partial charge is 0.243 e. The minimum absolute atomic E-state index is 0.179. The van der Waals surface area contributed by atoms with E-state index in [1.165, 1.54) is 0 Å². The summed E-state index contributed by atoms with van der Waals surface area (Å²) in [5.41, 5.74) is 5.85. The fraction of sp³-hybridized carbons (Fsp3) is 0.533. The van der Waals surface area contributed by atoms with Gasteiger partial charge in [0.2, 0.25) is 5.91 Å². The van der Waals surface area contributed by atoms with Crippen molar-refractivity contribution in [2.24, 2.45) is 5.73 Å². The first kappa shape index (κ1) is 15.4. The van der Waals surface area contributed by atoms with E-state index in [0.717, 1.165) is 30.6 Å². The van der Waals surface area contributed by atoms with Crippen LogP contribution in [0.25, 0.3) is 0 Å². The SMILES string of the molecule is NC(=O)C(CSCCCO)(NC1CC1)c1ccccc1. The van der Waals surface area contributed by atoms with Crippen LogP contribution in [-0.4, -0.2) is 35.2 Å². The number of nitrogens with one attached hydrogen (secondary N) is 1. The fourth-order valence-corrected chi connectivity index (χ4v) is 3.36. The van der Waals surface area contributed by atoms with Gasteiger partial charge in [-0.15, -0.1) is 0 Å². The van der Waals surface area contributed by atoms with Crippen LogP contribution in [0.1, 0.15) is 24.8 Å². The molecule has 110 valence electrons. The normalized spacial score (nSPS) is 17.6. The van der Waals surface area contributed by atoms with Crippen molar-refractivity contribution in [3.8, 4) is 0 Å². The third-order valence-electron chi connectivity index (χ3n) is 3.48. The predicted molar refractivity (Wildman–Crippen MR) is 82.5 cm³/mol. The van der Waals surface area contributed by atoms with Gasteiger partial charge in [-0.3, -0.25) is 10.1 Å². The molecule has 1 aromatic carbocycles. The number of aliphatic hydroxyl groups is 1. The lowest BCUT2D eigenvalue weighted by atomic mass is 9.91. The van der Waals surface area contributed by atoms with Gasteiger partial charge in [0.25, 0.3) is 0 Å². The van der Waals surface area contributed by atoms with E-state index in [0.29, 0.717) is 11.8 Å². The number of benzene rings is 1. The highest BCUT2D eigenvalue weighted by Gasteiger charge is 2.42. The van der Waals surface area contributed by atoms with Crippen LogP contribution in [0.3, 0.4) is 0 Å². The molecule has 0 bridgehead atoms. The summed E-state index contributed by atoms with van der Waals surface area (Å²) >= 11 is 1.65. The highest BCUT2D eigenvalue weighted by atomic mass is 32.2. The fourth-order valence-electron chi connectivity index (χ4n) is 2.18. The number of thioether (sulfide) groups is 1. The Morgan fingerprint density at radius 3 is 2.65 bits per heavy atom. The number of rotatable bonds is 9. The van der Waals surface area contributed by atoms with Gasteiger partial charge < -0.3 is 10.8 Å². The van der Waals surface area contributed by atoms with E-state index in [1.807, 2.05) is 30.3 Å². The molecule has 0 radical (unpaired) electrons. The lowest BCUT2D eigenvalue weighted by Crippen LogP contribution is -2.55. The minimum atomic E-state index is -0.803. The van der Waals surface area contributed by atoms with Crippen LogP contribution >= 0.6 is 11.8 Å². The molecule has 0 spiro atoms. The number of carbonyl (C=O) groups excluding carboxylic acids is 1. The number of nitrogens with two attached hydrogens (primary N) is 1. The molecule has 0 saturated heterocycles. The molecule has 0 aliphatic heterocycles. The second-order valence-corrected chi connectivity index (χ2v) is 6.29. The molecule has 4 nitrogen and oxygen atoms in total. The van der Waals surface area contributed by atoms with Gasteiger partial charge in [0.1, 0.15) is 5.54 Å². The van der Waals surface area contributed by atoms with E-state index >= 15 is 0 Å². The van der Waals surface area contributed by atoms with Crippen LogP contribution in [0, 0.1) is 0 Å². The standard InChI is InChI=1S/C15H22N2O2S/c16-14(19)15(17-13-7-8-13,11-20-10-4-9-18)12-5-2-1-3-6-12/h1-3,5-6,13,17-18H,4,7-11H2,(H2,16,19). The molecule has 20 heavy (non-hydrogen) atoms. The van der Waals surface area contributed by atoms with Gasteiger partial charge >= 0.3 is 0 Å². The minimum Gasteiger partial charge on any atom is -0.396 e. The van der Waals surface area contributed by atoms with Crippen molar-refractivity contribution in [1.82, 2.24) is 5.32 Å². The molecule has 0 heterocycles. The Kier molecular flexibility index (Phi) is 5.46. The molecule has 0 aromatic heterocycles. The number of carbonyl (C=O) groups is 1. The summed E-state index contributed by atoms with van der Waals surface area (Å²) in [6, 6.07) is 10.1. The molecule has 1 atom stereocenters. The molecule has 2 rings (SSSR count). The van der Waals surface area contributed by atoms with Crippen molar-refractivity contribution in [2.75, 3.05) is 18.1 Å². The van der Waals surface area contributed by atoms with Crippen LogP contribution < -0.4 is 11.1 Å². The van der Waals surface area contributed by atoms with Crippen molar-refractivity contribution in [3.63, 3.8) is 0 Å². The Morgan fingerprint density at radius 1 is 1.40 bits per heavy atom. The Hall–Kier alpha value is -1.04. The van der Waals surface area contributed by atoms with E-state index in [4.69, 9.17) is 10.8 Å². The van der Waals surface area contributed by atoms with Gasteiger partial charge in [-0.05, 0) is 30.6 Å². The Labute approximate surface area is 124 Å². The van der Waals surface area contributed by atoms with Crippen LogP contribution in [0.2, 0.25) is 0 Å². The van der Waals surface area contributed by atoms with Gasteiger partial charge in [-0.2, -0.15) is 11.8 Å². The third-order valence-corrected chi connectivity index (χ3v) is 4.69. The first-order valence-electron chi connectivity index (χ1n) is 7.01. The monoisotopic (exact) mass is 294 g/mol. The average molecular weight is 294 g/mol. The lowest BCUT2D eigenvalue weighted by Gasteiger charge is -2.32. The summed E-state index contributed by atoms with van der Waals surface area (Å²) in [5.74, 6) is 1.10. The Morgan fingerprint density at radius 2 is 2.10 bits per heavy atom. The van der Waals surface area contributed by atoms with E-state index in [9.17, 15) is 4.79 Å². The predicted octanol–water partition coefficient (Wildman–Crippen LogP) is 1.23. The van der Waals surface area contributed by atoms with Crippen molar-refractivity contribution >= 4 is 17.7 Å². The molecule has 1 fully saturated rings. The Bertz CT molecular complexity index is 437. The maximum atomic E-state index is 12.1. The quantitative estimate of drug-likeness (QED) is 0.599. The van der Waals surface area contributed by atoms with Crippen molar-refractivity contribution in [1.29, 1.82) is 0 Å². The lowest BCUT2D eigenvalue weighted by molar-refractivity contribution is -0.124. The molecule has 1 aliphatic carbocycles. The topological polar surface area (TPSA) is 75.4 Å². The van der Waals surface area contributed by atoms with Gasteiger partial charge in [0.15, 0.2) is 0 Å². The maximum absolute atomic E-state index is 12.1. The molecule has 1 aromatic rings. The van der Waals surface area contributed by atoms with Crippen LogP contribution in [0.15, 0.2) is 30.3 Å². The summed E-state index contributed by atoms with van der Waals surface area (Å²) in [4.78, 5) is 12.1. The number of aliphatic hydroxyl groups excluding tert-OH is 1. The van der Waals surface area contributed by atoms with E-state index in [-0.39, 0.29) is 12.5 Å². The van der Waals surface area contributed by atoms with Gasteiger partial charge in [0.05, 0.1) is 0 Å². The zero-order valence-electron chi connectivity index (χ0n) is 11.5. The second-order valence-electron chi connectivity index (χ2n) is 5.18. The number of amides is 1. The molecule has 4 N–H and O–H groups in total. The summed E-state index contributed by atoms with van der Waals surface area (Å²) in [6.07, 6.45) is 2.93. The molecule has 1 amide bonds. The summed E-state index contributed by atoms with van der Waals surface area (Å²) in [5, 5.41) is 12.3. The summed E-state index contributed by atoms with van der Waals surface area (Å²) < 4.78 is 0. The first-order chi connectivity index (χ1) is 9.69. The number of hydrogen-bond donors (Lipinski definition) is 3. The first-order valence-corrected chi connectivity index (χ1v) is 8.16. The molecular weight excluding hydrogens is 272 g/mol. The molecular formula is C15H22N2O2S. The van der Waals surface area contributed by atoms with Crippen molar-refractivity contribution in [2.45, 2.75) is 30.8 Å². The van der Waals surface area contributed by atoms with Gasteiger partial charge in [-0.25, -0.2) is 0 Å². The highest BCUT2D eigenvalue weighted by Crippen LogP contribution is 2.31.